The quantitative estimate of drug-likeness (QED) is 0.0363. The molecule has 0 aliphatic carbocycles. The molecule has 0 aliphatic rings. The zero-order valence-electron chi connectivity index (χ0n) is 42.6. The molecule has 0 spiro atoms. The van der Waals surface area contributed by atoms with Crippen molar-refractivity contribution >= 4 is 17.9 Å². The molecule has 0 N–H and O–H groups in total. The number of esters is 3. The monoisotopic (exact) mass is 900 g/mol. The van der Waals surface area contributed by atoms with Crippen molar-refractivity contribution in [1.29, 1.82) is 0 Å². The molecular weight excluding hydrogens is 799 g/mol. The van der Waals surface area contributed by atoms with Gasteiger partial charge in [0.1, 0.15) is 18.5 Å². The summed E-state index contributed by atoms with van der Waals surface area (Å²) in [4.78, 5) is 39.6. The van der Waals surface area contributed by atoms with E-state index < -0.39 is 0 Å². The highest BCUT2D eigenvalue weighted by Crippen LogP contribution is 2.24. The Kier molecular flexibility index (Phi) is 41.1. The summed E-state index contributed by atoms with van der Waals surface area (Å²) in [6, 6.07) is 6.36. The van der Waals surface area contributed by atoms with Gasteiger partial charge in [-0.15, -0.1) is 0 Å². The minimum atomic E-state index is -0.172. The van der Waals surface area contributed by atoms with Gasteiger partial charge in [-0.25, -0.2) is 0 Å². The number of aryl methyl sites for hydroxylation is 1. The van der Waals surface area contributed by atoms with Crippen LogP contribution in [0.1, 0.15) is 263 Å². The van der Waals surface area contributed by atoms with Crippen LogP contribution in [-0.2, 0) is 41.6 Å². The van der Waals surface area contributed by atoms with Gasteiger partial charge in [-0.2, -0.15) is 0 Å². The SMILES string of the molecule is CCCCCCCCCOC(=O)CCCCCCCCc1ccc(OCCCCCCCC(=O)OC(CCCCCCCC)CCCCCCCC)c(COC(=O)CCCN(C)C)c1. The Balaban J connectivity index is 2.43. The number of carbonyl (C=O) groups is 3. The molecule has 8 nitrogen and oxygen atoms in total. The van der Waals surface area contributed by atoms with Gasteiger partial charge >= 0.3 is 17.9 Å². The van der Waals surface area contributed by atoms with Crippen molar-refractivity contribution < 1.29 is 33.3 Å². The summed E-state index contributed by atoms with van der Waals surface area (Å²) in [5, 5.41) is 0. The summed E-state index contributed by atoms with van der Waals surface area (Å²) in [5.41, 5.74) is 2.17. The second-order valence-electron chi connectivity index (χ2n) is 19.1. The molecule has 1 aromatic carbocycles. The van der Waals surface area contributed by atoms with Crippen molar-refractivity contribution in [3.8, 4) is 5.75 Å². The molecule has 0 atom stereocenters. The summed E-state index contributed by atoms with van der Waals surface area (Å²) < 4.78 is 23.5. The maximum atomic E-state index is 12.8. The predicted molar refractivity (Wildman–Crippen MR) is 268 cm³/mol. The Morgan fingerprint density at radius 1 is 0.484 bits per heavy atom. The van der Waals surface area contributed by atoms with E-state index in [2.05, 4.69) is 43.9 Å². The zero-order valence-corrected chi connectivity index (χ0v) is 42.6. The van der Waals surface area contributed by atoms with Gasteiger partial charge in [-0.05, 0) is 109 Å². The van der Waals surface area contributed by atoms with Crippen molar-refractivity contribution in [1.82, 2.24) is 4.90 Å². The molecule has 1 rings (SSSR count). The molecule has 1 aromatic rings. The lowest BCUT2D eigenvalue weighted by molar-refractivity contribution is -0.150. The van der Waals surface area contributed by atoms with Gasteiger partial charge in [0, 0.05) is 24.8 Å². The van der Waals surface area contributed by atoms with Crippen LogP contribution in [0.5, 0.6) is 5.75 Å². The van der Waals surface area contributed by atoms with E-state index in [9.17, 15) is 14.4 Å². The van der Waals surface area contributed by atoms with Gasteiger partial charge in [0.15, 0.2) is 0 Å². The zero-order chi connectivity index (χ0) is 46.6. The predicted octanol–water partition coefficient (Wildman–Crippen LogP) is 15.8. The highest BCUT2D eigenvalue weighted by atomic mass is 16.5. The molecule has 64 heavy (non-hydrogen) atoms. The average Bonchev–Trinajstić information content (AvgIpc) is 3.28. The van der Waals surface area contributed by atoms with E-state index in [1.165, 1.54) is 102 Å². The minimum absolute atomic E-state index is 0.0145. The highest BCUT2D eigenvalue weighted by Gasteiger charge is 2.15. The van der Waals surface area contributed by atoms with Gasteiger partial charge in [0.25, 0.3) is 0 Å². The third kappa shape index (κ3) is 37.6. The first-order valence-electron chi connectivity index (χ1n) is 27.2. The van der Waals surface area contributed by atoms with Crippen molar-refractivity contribution in [2.75, 3.05) is 33.9 Å². The molecule has 0 unspecified atom stereocenters. The molecule has 0 aliphatic heterocycles. The molecule has 0 saturated heterocycles. The second kappa shape index (κ2) is 44.2. The largest absolute Gasteiger partial charge is 0.493 e. The van der Waals surface area contributed by atoms with Crippen molar-refractivity contribution in [3.63, 3.8) is 0 Å². The number of nitrogens with zero attached hydrogens (tertiary/aromatic N) is 1. The number of ether oxygens (including phenoxy) is 4. The number of benzene rings is 1. The van der Waals surface area contributed by atoms with Gasteiger partial charge in [0.2, 0.25) is 0 Å². The molecule has 0 radical (unpaired) electrons. The van der Waals surface area contributed by atoms with E-state index in [0.717, 1.165) is 140 Å². The first-order chi connectivity index (χ1) is 31.3. The van der Waals surface area contributed by atoms with Gasteiger partial charge in [0.05, 0.1) is 13.2 Å². The van der Waals surface area contributed by atoms with E-state index in [1.54, 1.807) is 0 Å². The topological polar surface area (TPSA) is 91.4 Å². The number of hydrogen-bond donors (Lipinski definition) is 0. The Morgan fingerprint density at radius 3 is 1.50 bits per heavy atom. The second-order valence-corrected chi connectivity index (χ2v) is 19.1. The maximum absolute atomic E-state index is 12.8. The van der Waals surface area contributed by atoms with Crippen molar-refractivity contribution in [3.05, 3.63) is 29.3 Å². The van der Waals surface area contributed by atoms with E-state index >= 15 is 0 Å². The summed E-state index contributed by atoms with van der Waals surface area (Å²) in [6.07, 6.45) is 40.6. The molecule has 0 bridgehead atoms. The van der Waals surface area contributed by atoms with E-state index in [4.69, 9.17) is 18.9 Å². The van der Waals surface area contributed by atoms with Crippen molar-refractivity contribution in [2.45, 2.75) is 271 Å². The molecule has 372 valence electrons. The fourth-order valence-electron chi connectivity index (χ4n) is 8.33. The van der Waals surface area contributed by atoms with Crippen LogP contribution >= 0.6 is 0 Å². The number of hydrogen-bond acceptors (Lipinski definition) is 8. The fourth-order valence-corrected chi connectivity index (χ4v) is 8.33. The fraction of sp³-hybridized carbons (Fsp3) is 0.839. The molecule has 0 fully saturated rings. The normalized spacial score (nSPS) is 11.4. The molecule has 0 saturated carbocycles. The summed E-state index contributed by atoms with van der Waals surface area (Å²) >= 11 is 0. The van der Waals surface area contributed by atoms with Crippen LogP contribution in [0.25, 0.3) is 0 Å². The van der Waals surface area contributed by atoms with E-state index in [0.29, 0.717) is 32.5 Å². The van der Waals surface area contributed by atoms with Gasteiger partial charge < -0.3 is 23.8 Å². The molecule has 0 heterocycles. The van der Waals surface area contributed by atoms with Crippen molar-refractivity contribution in [2.24, 2.45) is 0 Å². The molecule has 8 heteroatoms. The minimum Gasteiger partial charge on any atom is -0.493 e. The van der Waals surface area contributed by atoms with Crippen LogP contribution < -0.4 is 4.74 Å². The standard InChI is InChI=1S/C56H101NO7/c1-6-9-12-15-20-27-35-47-62-54(58)40-32-25-19-18-22-29-37-50-43-44-53(51(48-50)49-63-55(59)42-36-45-57(4)5)61-46-34-28-21-26-33-41-56(60)64-52(38-30-23-16-13-10-7-2)39-31-24-17-14-11-8-3/h43-44,48,52H,6-42,45-47,49H2,1-5H3. The van der Waals surface area contributed by atoms with Gasteiger partial charge in [-0.1, -0.05) is 175 Å². The summed E-state index contributed by atoms with van der Waals surface area (Å²) in [7, 11) is 4.03. The molecular formula is C56H101NO7. The molecule has 0 aromatic heterocycles. The lowest BCUT2D eigenvalue weighted by Gasteiger charge is -2.18. The van der Waals surface area contributed by atoms with Gasteiger partial charge in [-0.3, -0.25) is 14.4 Å². The third-order valence-electron chi connectivity index (χ3n) is 12.4. The Hall–Kier alpha value is -2.61. The number of carbonyl (C=O) groups excluding carboxylic acids is 3. The maximum Gasteiger partial charge on any atom is 0.306 e. The summed E-state index contributed by atoms with van der Waals surface area (Å²) in [6.45, 7) is 9.01. The van der Waals surface area contributed by atoms with E-state index in [-0.39, 0.29) is 30.6 Å². The number of rotatable bonds is 47. The Bertz CT molecular complexity index is 1220. The summed E-state index contributed by atoms with van der Waals surface area (Å²) in [5.74, 6) is 0.568. The van der Waals surface area contributed by atoms with Crippen LogP contribution in [0.3, 0.4) is 0 Å². The lowest BCUT2D eigenvalue weighted by Crippen LogP contribution is -2.18. The number of unbranched alkanes of at least 4 members (excludes halogenated alkanes) is 25. The van der Waals surface area contributed by atoms with Crippen LogP contribution in [0.2, 0.25) is 0 Å². The van der Waals surface area contributed by atoms with Crippen LogP contribution in [-0.4, -0.2) is 62.8 Å². The van der Waals surface area contributed by atoms with Crippen LogP contribution in [0.15, 0.2) is 18.2 Å². The Labute approximate surface area is 394 Å². The van der Waals surface area contributed by atoms with Crippen LogP contribution in [0, 0.1) is 0 Å². The highest BCUT2D eigenvalue weighted by molar-refractivity contribution is 5.70. The van der Waals surface area contributed by atoms with Crippen LogP contribution in [0.4, 0.5) is 0 Å². The Morgan fingerprint density at radius 2 is 0.938 bits per heavy atom. The first kappa shape index (κ1) is 59.4. The average molecular weight is 900 g/mol. The lowest BCUT2D eigenvalue weighted by atomic mass is 10.0. The first-order valence-corrected chi connectivity index (χ1v) is 27.2. The third-order valence-corrected chi connectivity index (χ3v) is 12.4. The van der Waals surface area contributed by atoms with E-state index in [1.807, 2.05) is 14.1 Å². The smallest absolute Gasteiger partial charge is 0.306 e. The molecule has 0 amide bonds.